The Morgan fingerprint density at radius 2 is 2.00 bits per heavy atom. The van der Waals surface area contributed by atoms with Crippen LogP contribution in [0.15, 0.2) is 18.2 Å². The van der Waals surface area contributed by atoms with Gasteiger partial charge in [0.2, 0.25) is 0 Å². The highest BCUT2D eigenvalue weighted by molar-refractivity contribution is 6.30. The van der Waals surface area contributed by atoms with Gasteiger partial charge in [0.25, 0.3) is 0 Å². The number of alkyl halides is 3. The van der Waals surface area contributed by atoms with E-state index in [4.69, 9.17) is 11.6 Å². The average molecular weight is 268 g/mol. The molecule has 0 saturated carbocycles. The first-order valence-electron chi connectivity index (χ1n) is 5.10. The molecule has 1 atom stereocenters. The fourth-order valence-corrected chi connectivity index (χ4v) is 2.36. The third kappa shape index (κ3) is 1.91. The zero-order valence-corrected chi connectivity index (χ0v) is 9.50. The second-order valence-electron chi connectivity index (χ2n) is 4.11. The Morgan fingerprint density at radius 3 is 2.53 bits per heavy atom. The molecule has 2 rings (SSSR count). The molecule has 0 aliphatic carbocycles. The minimum atomic E-state index is -4.50. The summed E-state index contributed by atoms with van der Waals surface area (Å²) in [6, 6.07) is 3.74. The van der Waals surface area contributed by atoms with Crippen molar-refractivity contribution in [2.75, 3.05) is 13.1 Å². The molecule has 0 bridgehead atoms. The summed E-state index contributed by atoms with van der Waals surface area (Å²) in [7, 11) is 0. The molecule has 1 aromatic carbocycles. The van der Waals surface area contributed by atoms with Crippen molar-refractivity contribution in [3.63, 3.8) is 0 Å². The first kappa shape index (κ1) is 12.6. The van der Waals surface area contributed by atoms with E-state index in [1.165, 1.54) is 12.1 Å². The van der Waals surface area contributed by atoms with E-state index in [-0.39, 0.29) is 30.1 Å². The molecule has 1 fully saturated rings. The van der Waals surface area contributed by atoms with Crippen LogP contribution in [0.3, 0.4) is 0 Å². The molecular weight excluding hydrogens is 258 g/mol. The van der Waals surface area contributed by atoms with Gasteiger partial charge in [-0.1, -0.05) is 23.7 Å². The molecule has 0 radical (unpaired) electrons. The largest absolute Gasteiger partial charge is 0.399 e. The summed E-state index contributed by atoms with van der Waals surface area (Å²) in [6.07, 6.45) is -4.67. The lowest BCUT2D eigenvalue weighted by Gasteiger charge is -2.31. The van der Waals surface area contributed by atoms with Crippen LogP contribution >= 0.6 is 11.6 Å². The predicted octanol–water partition coefficient (Wildman–Crippen LogP) is 3.27. The normalized spacial score (nSPS) is 25.2. The van der Waals surface area contributed by atoms with Crippen LogP contribution in [0, 0.1) is 5.82 Å². The summed E-state index contributed by atoms with van der Waals surface area (Å²) in [5, 5.41) is 2.36. The van der Waals surface area contributed by atoms with Crippen molar-refractivity contribution < 1.29 is 17.6 Å². The molecule has 1 saturated heterocycles. The van der Waals surface area contributed by atoms with Crippen molar-refractivity contribution in [1.82, 2.24) is 5.32 Å². The van der Waals surface area contributed by atoms with Crippen LogP contribution in [0.2, 0.25) is 5.02 Å². The van der Waals surface area contributed by atoms with Gasteiger partial charge in [0.1, 0.15) is 11.2 Å². The summed E-state index contributed by atoms with van der Waals surface area (Å²) < 4.78 is 53.3. The molecule has 1 aliphatic heterocycles. The van der Waals surface area contributed by atoms with Gasteiger partial charge in [-0.3, -0.25) is 0 Å². The van der Waals surface area contributed by atoms with E-state index in [0.29, 0.717) is 0 Å². The lowest BCUT2D eigenvalue weighted by molar-refractivity contribution is -0.185. The second-order valence-corrected chi connectivity index (χ2v) is 4.52. The summed E-state index contributed by atoms with van der Waals surface area (Å²) in [4.78, 5) is 0. The molecule has 0 amide bonds. The van der Waals surface area contributed by atoms with Gasteiger partial charge in [0, 0.05) is 12.1 Å². The standard InChI is InChI=1S/C11H10ClF4N/c12-8-3-1-2-7(9(8)13)10(11(14,15)16)4-5-17-6-10/h1-3,17H,4-6H2/t10-/m1/s1. The van der Waals surface area contributed by atoms with Crippen LogP contribution in [-0.2, 0) is 5.41 Å². The molecule has 0 unspecified atom stereocenters. The van der Waals surface area contributed by atoms with Crippen LogP contribution in [0.25, 0.3) is 0 Å². The molecule has 1 nitrogen and oxygen atoms in total. The van der Waals surface area contributed by atoms with Crippen LogP contribution in [0.5, 0.6) is 0 Å². The average Bonchev–Trinajstić information content (AvgIpc) is 2.71. The van der Waals surface area contributed by atoms with Gasteiger partial charge >= 0.3 is 6.18 Å². The zero-order chi connectivity index (χ0) is 12.7. The predicted molar refractivity (Wildman–Crippen MR) is 56.6 cm³/mol. The van der Waals surface area contributed by atoms with Gasteiger partial charge in [-0.2, -0.15) is 13.2 Å². The summed E-state index contributed by atoms with van der Waals surface area (Å²) >= 11 is 5.54. The van der Waals surface area contributed by atoms with Gasteiger partial charge in [0.05, 0.1) is 5.02 Å². The number of rotatable bonds is 1. The maximum atomic E-state index is 13.8. The Bertz CT molecular complexity index is 424. The molecule has 94 valence electrons. The van der Waals surface area contributed by atoms with Crippen LogP contribution in [0.1, 0.15) is 12.0 Å². The van der Waals surface area contributed by atoms with Crippen molar-refractivity contribution in [2.45, 2.75) is 18.0 Å². The van der Waals surface area contributed by atoms with E-state index < -0.39 is 17.4 Å². The van der Waals surface area contributed by atoms with Crippen molar-refractivity contribution in [3.8, 4) is 0 Å². The van der Waals surface area contributed by atoms with Gasteiger partial charge in [-0.15, -0.1) is 0 Å². The maximum absolute atomic E-state index is 13.8. The van der Waals surface area contributed by atoms with E-state index in [2.05, 4.69) is 5.32 Å². The Kier molecular flexibility index (Phi) is 3.08. The second kappa shape index (κ2) is 4.14. The Morgan fingerprint density at radius 1 is 1.29 bits per heavy atom. The third-order valence-corrected chi connectivity index (χ3v) is 3.46. The summed E-state index contributed by atoms with van der Waals surface area (Å²) in [5.41, 5.74) is -2.54. The Labute approximate surface area is 101 Å². The van der Waals surface area contributed by atoms with E-state index >= 15 is 0 Å². The fourth-order valence-electron chi connectivity index (χ4n) is 2.19. The maximum Gasteiger partial charge on any atom is 0.399 e. The van der Waals surface area contributed by atoms with Crippen molar-refractivity contribution in [2.24, 2.45) is 0 Å². The van der Waals surface area contributed by atoms with Gasteiger partial charge in [0.15, 0.2) is 0 Å². The highest BCUT2D eigenvalue weighted by atomic mass is 35.5. The fraction of sp³-hybridized carbons (Fsp3) is 0.455. The molecule has 1 aromatic rings. The summed E-state index contributed by atoms with van der Waals surface area (Å²) in [6.45, 7) is -0.0980. The Balaban J connectivity index is 2.58. The van der Waals surface area contributed by atoms with Gasteiger partial charge in [-0.25, -0.2) is 4.39 Å². The zero-order valence-electron chi connectivity index (χ0n) is 8.74. The van der Waals surface area contributed by atoms with Crippen LogP contribution in [0.4, 0.5) is 17.6 Å². The highest BCUT2D eigenvalue weighted by Crippen LogP contribution is 2.46. The smallest absolute Gasteiger partial charge is 0.315 e. The number of nitrogens with one attached hydrogen (secondary N) is 1. The lowest BCUT2D eigenvalue weighted by Crippen LogP contribution is -2.44. The number of hydrogen-bond donors (Lipinski definition) is 1. The highest BCUT2D eigenvalue weighted by Gasteiger charge is 2.58. The third-order valence-electron chi connectivity index (χ3n) is 3.17. The first-order valence-corrected chi connectivity index (χ1v) is 5.48. The van der Waals surface area contributed by atoms with Crippen LogP contribution < -0.4 is 5.32 Å². The van der Waals surface area contributed by atoms with E-state index in [0.717, 1.165) is 6.07 Å². The molecule has 1 heterocycles. The topological polar surface area (TPSA) is 12.0 Å². The minimum absolute atomic E-state index is 0.173. The van der Waals surface area contributed by atoms with Crippen molar-refractivity contribution >= 4 is 11.6 Å². The number of benzene rings is 1. The quantitative estimate of drug-likeness (QED) is 0.770. The first-order chi connectivity index (χ1) is 7.88. The van der Waals surface area contributed by atoms with Crippen molar-refractivity contribution in [1.29, 1.82) is 0 Å². The lowest BCUT2D eigenvalue weighted by atomic mass is 9.78. The van der Waals surface area contributed by atoms with Crippen molar-refractivity contribution in [3.05, 3.63) is 34.6 Å². The minimum Gasteiger partial charge on any atom is -0.315 e. The monoisotopic (exact) mass is 267 g/mol. The van der Waals surface area contributed by atoms with E-state index in [1.54, 1.807) is 0 Å². The summed E-state index contributed by atoms with van der Waals surface area (Å²) in [5.74, 6) is -0.977. The molecule has 0 spiro atoms. The molecule has 1 aliphatic rings. The number of halogens is 5. The number of hydrogen-bond acceptors (Lipinski definition) is 1. The molecular formula is C11H10ClF4N. The van der Waals surface area contributed by atoms with E-state index in [1.807, 2.05) is 0 Å². The van der Waals surface area contributed by atoms with Gasteiger partial charge < -0.3 is 5.32 Å². The molecule has 0 aromatic heterocycles. The van der Waals surface area contributed by atoms with Crippen LogP contribution in [-0.4, -0.2) is 19.3 Å². The SMILES string of the molecule is Fc1c(Cl)cccc1[C@@]1(C(F)(F)F)CCNC1. The molecule has 6 heteroatoms. The Hall–Kier alpha value is -0.810. The van der Waals surface area contributed by atoms with Gasteiger partial charge in [-0.05, 0) is 19.0 Å². The molecule has 1 N–H and O–H groups in total. The molecule has 17 heavy (non-hydrogen) atoms. The van der Waals surface area contributed by atoms with E-state index in [9.17, 15) is 17.6 Å².